The summed E-state index contributed by atoms with van der Waals surface area (Å²) >= 11 is 1.19. The van der Waals surface area contributed by atoms with Crippen LogP contribution in [-0.2, 0) is 0 Å². The van der Waals surface area contributed by atoms with Gasteiger partial charge in [0.1, 0.15) is 10.4 Å². The van der Waals surface area contributed by atoms with Crippen LogP contribution in [0.5, 0.6) is 0 Å². The highest BCUT2D eigenvalue weighted by Gasteiger charge is 2.18. The summed E-state index contributed by atoms with van der Waals surface area (Å²) in [6, 6.07) is 0. The Kier molecular flexibility index (Phi) is 2.92. The van der Waals surface area contributed by atoms with Crippen LogP contribution in [0.4, 0.5) is 5.69 Å². The molecule has 0 bridgehead atoms. The van der Waals surface area contributed by atoms with Crippen molar-refractivity contribution >= 4 is 28.9 Å². The number of thiazole rings is 1. The van der Waals surface area contributed by atoms with Crippen LogP contribution >= 0.6 is 11.3 Å². The number of rotatable bonds is 3. The molecule has 0 unspecified atom stereocenters. The zero-order valence-electron chi connectivity index (χ0n) is 8.85. The van der Waals surface area contributed by atoms with Crippen molar-refractivity contribution in [1.82, 2.24) is 9.97 Å². The summed E-state index contributed by atoms with van der Waals surface area (Å²) in [6.07, 6.45) is 2.89. The highest BCUT2D eigenvalue weighted by Crippen LogP contribution is 2.20. The molecule has 0 saturated heterocycles. The first kappa shape index (κ1) is 11.3. The van der Waals surface area contributed by atoms with Crippen molar-refractivity contribution in [1.29, 1.82) is 0 Å². The van der Waals surface area contributed by atoms with E-state index in [1.54, 1.807) is 6.92 Å². The molecule has 0 atom stereocenters. The number of amides is 1. The summed E-state index contributed by atoms with van der Waals surface area (Å²) in [6.45, 7) is 1.63. The lowest BCUT2D eigenvalue weighted by Crippen LogP contribution is -2.12. The summed E-state index contributed by atoms with van der Waals surface area (Å²) in [5.41, 5.74) is 2.36. The fourth-order valence-electron chi connectivity index (χ4n) is 1.41. The number of aromatic carboxylic acids is 1. The van der Waals surface area contributed by atoms with E-state index in [1.165, 1.54) is 29.2 Å². The maximum Gasteiger partial charge on any atom is 0.339 e. The van der Waals surface area contributed by atoms with Crippen LogP contribution in [0.15, 0.2) is 17.9 Å². The molecule has 0 aliphatic carbocycles. The Balaban J connectivity index is 2.25. The first-order valence-electron chi connectivity index (χ1n) is 4.70. The number of aromatic amines is 1. The Labute approximate surface area is 100 Å². The minimum atomic E-state index is -1.08. The molecule has 2 heterocycles. The smallest absolute Gasteiger partial charge is 0.339 e. The third-order valence-corrected chi connectivity index (χ3v) is 2.97. The molecular formula is C10H9N3O3S. The number of carboxylic acid groups (broad SMARTS) is 1. The number of H-pyrrole nitrogens is 1. The predicted octanol–water partition coefficient (Wildman–Crippen LogP) is 1.73. The van der Waals surface area contributed by atoms with E-state index in [0.29, 0.717) is 10.6 Å². The van der Waals surface area contributed by atoms with Gasteiger partial charge >= 0.3 is 5.97 Å². The Morgan fingerprint density at radius 2 is 2.29 bits per heavy atom. The van der Waals surface area contributed by atoms with Crippen molar-refractivity contribution in [2.45, 2.75) is 6.92 Å². The normalized spacial score (nSPS) is 10.2. The second kappa shape index (κ2) is 4.38. The summed E-state index contributed by atoms with van der Waals surface area (Å²) < 4.78 is 0. The number of hydrogen-bond donors (Lipinski definition) is 3. The Morgan fingerprint density at radius 3 is 2.88 bits per heavy atom. The number of aryl methyl sites for hydroxylation is 1. The average Bonchev–Trinajstić information content (AvgIpc) is 2.87. The minimum absolute atomic E-state index is 0.0721. The molecule has 0 fully saturated rings. The van der Waals surface area contributed by atoms with E-state index in [2.05, 4.69) is 15.3 Å². The van der Waals surface area contributed by atoms with Crippen molar-refractivity contribution < 1.29 is 14.7 Å². The van der Waals surface area contributed by atoms with Gasteiger partial charge in [0.15, 0.2) is 0 Å². The fourth-order valence-corrected chi connectivity index (χ4v) is 1.93. The van der Waals surface area contributed by atoms with E-state index in [4.69, 9.17) is 5.11 Å². The Hall–Kier alpha value is -2.15. The topological polar surface area (TPSA) is 95.1 Å². The number of carboxylic acids is 1. The molecule has 3 N–H and O–H groups in total. The molecule has 2 aromatic rings. The number of carbonyl (C=O) groups excluding carboxylic acids is 1. The highest BCUT2D eigenvalue weighted by atomic mass is 32.1. The van der Waals surface area contributed by atoms with Gasteiger partial charge in [0.2, 0.25) is 0 Å². The van der Waals surface area contributed by atoms with E-state index in [9.17, 15) is 9.59 Å². The molecule has 0 saturated carbocycles. The van der Waals surface area contributed by atoms with E-state index < -0.39 is 5.97 Å². The molecule has 2 aromatic heterocycles. The van der Waals surface area contributed by atoms with E-state index in [1.807, 2.05) is 0 Å². The third-order valence-electron chi connectivity index (χ3n) is 2.20. The standard InChI is InChI=1S/C10H9N3O3S/c1-5-8(10(15)16)6(2-12-5)13-9(14)7-3-11-4-17-7/h2-4,12H,1H3,(H,13,14)(H,15,16). The van der Waals surface area contributed by atoms with Crippen LogP contribution in [0.3, 0.4) is 0 Å². The van der Waals surface area contributed by atoms with Gasteiger partial charge in [-0.05, 0) is 6.92 Å². The Bertz CT molecular complexity index is 559. The van der Waals surface area contributed by atoms with Crippen LogP contribution in [-0.4, -0.2) is 27.0 Å². The summed E-state index contributed by atoms with van der Waals surface area (Å²) in [4.78, 5) is 29.7. The zero-order chi connectivity index (χ0) is 12.4. The summed E-state index contributed by atoms with van der Waals surface area (Å²) in [5.74, 6) is -1.45. The molecule has 0 radical (unpaired) electrons. The molecule has 0 spiro atoms. The van der Waals surface area contributed by atoms with Gasteiger partial charge in [-0.3, -0.25) is 9.78 Å². The lowest BCUT2D eigenvalue weighted by Gasteiger charge is -2.02. The van der Waals surface area contributed by atoms with Crippen molar-refractivity contribution in [3.05, 3.63) is 34.0 Å². The van der Waals surface area contributed by atoms with Gasteiger partial charge in [-0.2, -0.15) is 0 Å². The number of aromatic nitrogens is 2. The molecule has 0 aliphatic rings. The van der Waals surface area contributed by atoms with Gasteiger partial charge in [-0.15, -0.1) is 11.3 Å². The molecule has 6 nitrogen and oxygen atoms in total. The second-order valence-electron chi connectivity index (χ2n) is 3.33. The molecular weight excluding hydrogens is 242 g/mol. The molecule has 0 aromatic carbocycles. The Morgan fingerprint density at radius 1 is 1.53 bits per heavy atom. The van der Waals surface area contributed by atoms with Gasteiger partial charge in [0.25, 0.3) is 5.91 Å². The van der Waals surface area contributed by atoms with Gasteiger partial charge in [-0.25, -0.2) is 4.79 Å². The highest BCUT2D eigenvalue weighted by molar-refractivity contribution is 7.11. The minimum Gasteiger partial charge on any atom is -0.478 e. The number of hydrogen-bond acceptors (Lipinski definition) is 4. The average molecular weight is 251 g/mol. The van der Waals surface area contributed by atoms with Crippen LogP contribution in [0, 0.1) is 6.92 Å². The molecule has 1 amide bonds. The second-order valence-corrected chi connectivity index (χ2v) is 4.21. The van der Waals surface area contributed by atoms with E-state index in [0.717, 1.165) is 0 Å². The first-order chi connectivity index (χ1) is 8.09. The summed E-state index contributed by atoms with van der Waals surface area (Å²) in [7, 11) is 0. The number of nitrogens with one attached hydrogen (secondary N) is 2. The van der Waals surface area contributed by atoms with Crippen LogP contribution in [0.25, 0.3) is 0 Å². The monoisotopic (exact) mass is 251 g/mol. The maximum absolute atomic E-state index is 11.7. The van der Waals surface area contributed by atoms with Crippen LogP contribution in [0.1, 0.15) is 25.7 Å². The van der Waals surface area contributed by atoms with E-state index >= 15 is 0 Å². The predicted molar refractivity (Wildman–Crippen MR) is 62.6 cm³/mol. The molecule has 88 valence electrons. The number of anilines is 1. The molecule has 17 heavy (non-hydrogen) atoms. The fraction of sp³-hybridized carbons (Fsp3) is 0.100. The SMILES string of the molecule is Cc1[nH]cc(NC(=O)c2cncs2)c1C(=O)O. The number of nitrogens with zero attached hydrogens (tertiary/aromatic N) is 1. The largest absolute Gasteiger partial charge is 0.478 e. The van der Waals surface area contributed by atoms with Gasteiger partial charge in [0.05, 0.1) is 17.4 Å². The zero-order valence-corrected chi connectivity index (χ0v) is 9.67. The van der Waals surface area contributed by atoms with Gasteiger partial charge in [-0.1, -0.05) is 0 Å². The quantitative estimate of drug-likeness (QED) is 0.774. The van der Waals surface area contributed by atoms with Gasteiger partial charge in [0, 0.05) is 11.9 Å². The first-order valence-corrected chi connectivity index (χ1v) is 5.58. The lowest BCUT2D eigenvalue weighted by atomic mass is 10.2. The van der Waals surface area contributed by atoms with E-state index in [-0.39, 0.29) is 17.2 Å². The van der Waals surface area contributed by atoms with Crippen LogP contribution < -0.4 is 5.32 Å². The maximum atomic E-state index is 11.7. The van der Waals surface area contributed by atoms with Gasteiger partial charge < -0.3 is 15.4 Å². The summed E-state index contributed by atoms with van der Waals surface area (Å²) in [5, 5.41) is 11.5. The molecule has 7 heteroatoms. The van der Waals surface area contributed by atoms with Crippen molar-refractivity contribution in [3.63, 3.8) is 0 Å². The lowest BCUT2D eigenvalue weighted by molar-refractivity contribution is 0.0697. The van der Waals surface area contributed by atoms with Crippen molar-refractivity contribution in [2.75, 3.05) is 5.32 Å². The van der Waals surface area contributed by atoms with Crippen molar-refractivity contribution in [2.24, 2.45) is 0 Å². The molecule has 2 rings (SSSR count). The van der Waals surface area contributed by atoms with Crippen molar-refractivity contribution in [3.8, 4) is 0 Å². The molecule has 0 aliphatic heterocycles. The third kappa shape index (κ3) is 2.18. The number of carbonyl (C=O) groups is 2. The van der Waals surface area contributed by atoms with Crippen LogP contribution in [0.2, 0.25) is 0 Å².